The molecule has 0 unspecified atom stereocenters. The molecular formula is C20H22O2S. The molecule has 0 atom stereocenters. The van der Waals surface area contributed by atoms with Crippen molar-refractivity contribution < 1.29 is 10.2 Å². The zero-order chi connectivity index (χ0) is 17.3. The molecule has 0 saturated heterocycles. The zero-order valence-corrected chi connectivity index (χ0v) is 14.8. The van der Waals surface area contributed by atoms with Gasteiger partial charge in [0.25, 0.3) is 0 Å². The molecule has 0 bridgehead atoms. The lowest BCUT2D eigenvalue weighted by atomic mass is 10.0. The Kier molecular flexibility index (Phi) is 4.90. The summed E-state index contributed by atoms with van der Waals surface area (Å²) in [6.07, 6.45) is 0. The molecule has 0 aliphatic carbocycles. The lowest BCUT2D eigenvalue weighted by Gasteiger charge is -2.14. The van der Waals surface area contributed by atoms with Gasteiger partial charge in [-0.05, 0) is 74.2 Å². The number of aryl methyl sites for hydroxylation is 2. The minimum absolute atomic E-state index is 0.200. The van der Waals surface area contributed by atoms with Gasteiger partial charge in [0.05, 0.1) is 9.79 Å². The number of aromatic hydroxyl groups is 2. The number of hydrogen-bond donors (Lipinski definition) is 2. The van der Waals surface area contributed by atoms with Crippen LogP contribution in [0.4, 0.5) is 0 Å². The molecule has 0 saturated carbocycles. The normalized spacial score (nSPS) is 10.6. The Morgan fingerprint density at radius 1 is 0.783 bits per heavy atom. The Balaban J connectivity index is 2.56. The summed E-state index contributed by atoms with van der Waals surface area (Å²) in [4.78, 5) is 1.41. The molecule has 2 nitrogen and oxygen atoms in total. The maximum Gasteiger partial charge on any atom is 0.136 e. The van der Waals surface area contributed by atoms with Crippen LogP contribution in [0.25, 0.3) is 11.1 Å². The van der Waals surface area contributed by atoms with Crippen LogP contribution in [-0.2, 0) is 0 Å². The van der Waals surface area contributed by atoms with Gasteiger partial charge in [0, 0.05) is 11.1 Å². The summed E-state index contributed by atoms with van der Waals surface area (Å²) in [5.74, 6) is 0.400. The fourth-order valence-electron chi connectivity index (χ4n) is 2.42. The molecule has 120 valence electrons. The van der Waals surface area contributed by atoms with Crippen LogP contribution in [0.15, 0.2) is 47.2 Å². The largest absolute Gasteiger partial charge is 0.506 e. The summed E-state index contributed by atoms with van der Waals surface area (Å²) in [6, 6.07) is 7.65. The van der Waals surface area contributed by atoms with E-state index in [0.29, 0.717) is 9.79 Å². The van der Waals surface area contributed by atoms with Gasteiger partial charge in [-0.3, -0.25) is 0 Å². The SMILES string of the molecule is C=C(C)c1cc(C)cc(Sc2cc(C)cc(C(=C)C)c2O)c1O. The summed E-state index contributed by atoms with van der Waals surface area (Å²) in [6.45, 7) is 15.5. The van der Waals surface area contributed by atoms with Crippen LogP contribution in [0, 0.1) is 13.8 Å². The van der Waals surface area contributed by atoms with Crippen molar-refractivity contribution in [1.82, 2.24) is 0 Å². The summed E-state index contributed by atoms with van der Waals surface area (Å²) < 4.78 is 0. The van der Waals surface area contributed by atoms with E-state index < -0.39 is 0 Å². The highest BCUT2D eigenvalue weighted by atomic mass is 32.2. The van der Waals surface area contributed by atoms with Crippen molar-refractivity contribution in [1.29, 1.82) is 0 Å². The fourth-order valence-corrected chi connectivity index (χ4v) is 3.56. The van der Waals surface area contributed by atoms with Gasteiger partial charge in [-0.2, -0.15) is 0 Å². The molecule has 0 heterocycles. The molecule has 2 N–H and O–H groups in total. The predicted octanol–water partition coefficient (Wildman–Crippen LogP) is 5.93. The monoisotopic (exact) mass is 326 g/mol. The maximum absolute atomic E-state index is 10.5. The number of rotatable bonds is 4. The third kappa shape index (κ3) is 3.62. The number of hydrogen-bond acceptors (Lipinski definition) is 3. The predicted molar refractivity (Wildman–Crippen MR) is 99.2 cm³/mol. The zero-order valence-electron chi connectivity index (χ0n) is 14.0. The maximum atomic E-state index is 10.5. The van der Waals surface area contributed by atoms with Crippen molar-refractivity contribution in [2.24, 2.45) is 0 Å². The minimum Gasteiger partial charge on any atom is -0.506 e. The number of phenolic OH excluding ortho intramolecular Hbond substituents is 2. The van der Waals surface area contributed by atoms with Crippen molar-refractivity contribution in [3.63, 3.8) is 0 Å². The second-order valence-electron chi connectivity index (χ2n) is 5.98. The third-order valence-electron chi connectivity index (χ3n) is 3.58. The molecule has 2 rings (SSSR count). The van der Waals surface area contributed by atoms with Gasteiger partial charge in [0.2, 0.25) is 0 Å². The lowest BCUT2D eigenvalue weighted by molar-refractivity contribution is 0.458. The number of benzene rings is 2. The molecule has 2 aromatic rings. The van der Waals surface area contributed by atoms with E-state index in [9.17, 15) is 10.2 Å². The third-order valence-corrected chi connectivity index (χ3v) is 4.64. The first-order chi connectivity index (χ1) is 10.7. The molecule has 0 aromatic heterocycles. The second kappa shape index (κ2) is 6.55. The van der Waals surface area contributed by atoms with Crippen molar-refractivity contribution in [3.8, 4) is 11.5 Å². The quantitative estimate of drug-likeness (QED) is 0.731. The van der Waals surface area contributed by atoms with Gasteiger partial charge < -0.3 is 10.2 Å². The molecule has 23 heavy (non-hydrogen) atoms. The van der Waals surface area contributed by atoms with Crippen LogP contribution in [0.1, 0.15) is 36.1 Å². The first-order valence-electron chi connectivity index (χ1n) is 7.37. The molecule has 2 aromatic carbocycles. The van der Waals surface area contributed by atoms with Gasteiger partial charge >= 0.3 is 0 Å². The Morgan fingerprint density at radius 2 is 1.13 bits per heavy atom. The second-order valence-corrected chi connectivity index (χ2v) is 7.06. The van der Waals surface area contributed by atoms with E-state index in [1.807, 2.05) is 52.0 Å². The Hall–Kier alpha value is -2.13. The van der Waals surface area contributed by atoms with E-state index in [-0.39, 0.29) is 11.5 Å². The first-order valence-corrected chi connectivity index (χ1v) is 8.19. The van der Waals surface area contributed by atoms with E-state index in [0.717, 1.165) is 33.4 Å². The molecule has 0 radical (unpaired) electrons. The van der Waals surface area contributed by atoms with E-state index in [2.05, 4.69) is 13.2 Å². The molecule has 0 fully saturated rings. The molecule has 0 spiro atoms. The van der Waals surface area contributed by atoms with E-state index in [1.54, 1.807) is 0 Å². The molecule has 3 heteroatoms. The van der Waals surface area contributed by atoms with Crippen LogP contribution < -0.4 is 0 Å². The van der Waals surface area contributed by atoms with Crippen LogP contribution >= 0.6 is 11.8 Å². The van der Waals surface area contributed by atoms with Gasteiger partial charge in [-0.15, -0.1) is 0 Å². The average molecular weight is 326 g/mol. The average Bonchev–Trinajstić information content (AvgIpc) is 2.45. The van der Waals surface area contributed by atoms with Crippen molar-refractivity contribution in [2.45, 2.75) is 37.5 Å². The highest BCUT2D eigenvalue weighted by Crippen LogP contribution is 2.44. The fraction of sp³-hybridized carbons (Fsp3) is 0.200. The summed E-state index contributed by atoms with van der Waals surface area (Å²) in [5.41, 5.74) is 5.17. The highest BCUT2D eigenvalue weighted by Gasteiger charge is 2.15. The summed E-state index contributed by atoms with van der Waals surface area (Å²) in [7, 11) is 0. The lowest BCUT2D eigenvalue weighted by Crippen LogP contribution is -1.89. The van der Waals surface area contributed by atoms with Crippen LogP contribution in [0.5, 0.6) is 11.5 Å². The number of allylic oxidation sites excluding steroid dienone is 2. The van der Waals surface area contributed by atoms with Crippen molar-refractivity contribution >= 4 is 22.9 Å². The van der Waals surface area contributed by atoms with Gasteiger partial charge in [-0.1, -0.05) is 24.9 Å². The van der Waals surface area contributed by atoms with E-state index in [4.69, 9.17) is 0 Å². The Bertz CT molecular complexity index is 736. The number of phenols is 2. The van der Waals surface area contributed by atoms with Crippen molar-refractivity contribution in [3.05, 3.63) is 59.7 Å². The summed E-state index contributed by atoms with van der Waals surface area (Å²) in [5, 5.41) is 21.0. The van der Waals surface area contributed by atoms with E-state index >= 15 is 0 Å². The Morgan fingerprint density at radius 3 is 1.43 bits per heavy atom. The standard InChI is InChI=1S/C20H22O2S/c1-11(2)15-7-13(5)9-17(19(15)21)23-18-10-14(6)8-16(12(3)4)20(18)22/h7-10,21-22H,1,3H2,2,4-6H3. The van der Waals surface area contributed by atoms with Crippen LogP contribution in [0.3, 0.4) is 0 Å². The van der Waals surface area contributed by atoms with Crippen LogP contribution in [-0.4, -0.2) is 10.2 Å². The van der Waals surface area contributed by atoms with Gasteiger partial charge in [0.1, 0.15) is 11.5 Å². The van der Waals surface area contributed by atoms with Crippen molar-refractivity contribution in [2.75, 3.05) is 0 Å². The first kappa shape index (κ1) is 17.2. The summed E-state index contributed by atoms with van der Waals surface area (Å²) >= 11 is 1.35. The molecular weight excluding hydrogens is 304 g/mol. The molecule has 0 aliphatic rings. The highest BCUT2D eigenvalue weighted by molar-refractivity contribution is 7.99. The van der Waals surface area contributed by atoms with Crippen LogP contribution in [0.2, 0.25) is 0 Å². The molecule has 0 aliphatic heterocycles. The molecule has 0 amide bonds. The minimum atomic E-state index is 0.200. The smallest absolute Gasteiger partial charge is 0.136 e. The van der Waals surface area contributed by atoms with Gasteiger partial charge in [0.15, 0.2) is 0 Å². The van der Waals surface area contributed by atoms with E-state index in [1.165, 1.54) is 11.8 Å². The van der Waals surface area contributed by atoms with Gasteiger partial charge in [-0.25, -0.2) is 0 Å². The Labute approximate surface area is 142 Å². The topological polar surface area (TPSA) is 40.5 Å².